The second kappa shape index (κ2) is 8.86. The molecule has 16 heavy (non-hydrogen) atoms. The van der Waals surface area contributed by atoms with Crippen LogP contribution in [-0.4, -0.2) is 43.4 Å². The van der Waals surface area contributed by atoms with E-state index in [0.717, 1.165) is 0 Å². The summed E-state index contributed by atoms with van der Waals surface area (Å²) in [6.45, 7) is 2.92. The van der Waals surface area contributed by atoms with Gasteiger partial charge in [-0.25, -0.2) is 0 Å². The molecular weight excluding hydrogens is 208 g/mol. The number of likely N-dealkylation sites (N-methyl/N-ethyl adjacent to an activating group) is 1. The molecule has 0 rings (SSSR count). The van der Waals surface area contributed by atoms with E-state index in [2.05, 4.69) is 0 Å². The highest BCUT2D eigenvalue weighted by Crippen LogP contribution is 1.97. The first-order valence-corrected chi connectivity index (χ1v) is 5.33. The molecule has 0 aromatic heterocycles. The van der Waals surface area contributed by atoms with Gasteiger partial charge in [0, 0.05) is 19.4 Å². The van der Waals surface area contributed by atoms with Gasteiger partial charge in [-0.1, -0.05) is 0 Å². The molecule has 0 aliphatic carbocycles. The fraction of sp³-hybridized carbons (Fsp3) is 0.727. The monoisotopic (exact) mass is 226 g/mol. The van der Waals surface area contributed by atoms with Crippen molar-refractivity contribution in [3.8, 4) is 6.07 Å². The Labute approximate surface area is 96.0 Å². The van der Waals surface area contributed by atoms with Gasteiger partial charge in [-0.05, 0) is 14.0 Å². The number of esters is 1. The largest absolute Gasteiger partial charge is 0.466 e. The lowest BCUT2D eigenvalue weighted by Crippen LogP contribution is -2.27. The summed E-state index contributed by atoms with van der Waals surface area (Å²) in [6, 6.07) is 2.01. The van der Waals surface area contributed by atoms with E-state index in [1.54, 1.807) is 18.9 Å². The normalized spacial score (nSPS) is 9.88. The molecule has 0 unspecified atom stereocenters. The van der Waals surface area contributed by atoms with Gasteiger partial charge >= 0.3 is 5.97 Å². The highest BCUT2D eigenvalue weighted by molar-refractivity contribution is 5.84. The Hall–Kier alpha value is -1.41. The molecule has 5 nitrogen and oxygen atoms in total. The van der Waals surface area contributed by atoms with Crippen molar-refractivity contribution in [3.63, 3.8) is 0 Å². The van der Waals surface area contributed by atoms with Gasteiger partial charge in [0.1, 0.15) is 5.78 Å². The minimum Gasteiger partial charge on any atom is -0.466 e. The summed E-state index contributed by atoms with van der Waals surface area (Å²) < 4.78 is 4.71. The topological polar surface area (TPSA) is 70.4 Å². The van der Waals surface area contributed by atoms with E-state index in [-0.39, 0.29) is 31.1 Å². The maximum atomic E-state index is 11.4. The number of hydrogen-bond donors (Lipinski definition) is 0. The molecule has 0 fully saturated rings. The second-order valence-corrected chi connectivity index (χ2v) is 3.49. The van der Waals surface area contributed by atoms with Crippen molar-refractivity contribution in [2.24, 2.45) is 0 Å². The van der Waals surface area contributed by atoms with Crippen molar-refractivity contribution < 1.29 is 14.3 Å². The lowest BCUT2D eigenvalue weighted by atomic mass is 10.2. The maximum absolute atomic E-state index is 11.4. The van der Waals surface area contributed by atoms with E-state index in [4.69, 9.17) is 10.00 Å². The van der Waals surface area contributed by atoms with Gasteiger partial charge in [0.05, 0.1) is 25.6 Å². The summed E-state index contributed by atoms with van der Waals surface area (Å²) in [7, 11) is 1.78. The summed E-state index contributed by atoms with van der Waals surface area (Å²) >= 11 is 0. The number of ketones is 1. The van der Waals surface area contributed by atoms with E-state index in [9.17, 15) is 9.59 Å². The van der Waals surface area contributed by atoms with Crippen LogP contribution in [0, 0.1) is 11.3 Å². The van der Waals surface area contributed by atoms with E-state index >= 15 is 0 Å². The first-order chi connectivity index (χ1) is 7.60. The summed E-state index contributed by atoms with van der Waals surface area (Å²) in [5.41, 5.74) is 0. The second-order valence-electron chi connectivity index (χ2n) is 3.49. The molecule has 0 saturated carbocycles. The standard InChI is InChI=1S/C11H18N2O3/c1-3-16-11(15)6-5-10(14)9-13(2)8-4-7-12/h3-6,8-9H2,1-2H3. The molecule has 0 bridgehead atoms. The molecule has 0 aromatic rings. The van der Waals surface area contributed by atoms with E-state index in [1.807, 2.05) is 6.07 Å². The Morgan fingerprint density at radius 2 is 2.06 bits per heavy atom. The fourth-order valence-electron chi connectivity index (χ4n) is 1.17. The number of nitrogens with zero attached hydrogens (tertiary/aromatic N) is 2. The summed E-state index contributed by atoms with van der Waals surface area (Å²) in [4.78, 5) is 24.1. The summed E-state index contributed by atoms with van der Waals surface area (Å²) in [5, 5.41) is 8.36. The van der Waals surface area contributed by atoms with Crippen LogP contribution in [-0.2, 0) is 14.3 Å². The van der Waals surface area contributed by atoms with Gasteiger partial charge in [0.25, 0.3) is 0 Å². The third-order valence-corrected chi connectivity index (χ3v) is 1.96. The lowest BCUT2D eigenvalue weighted by Gasteiger charge is -2.13. The average Bonchev–Trinajstić information content (AvgIpc) is 2.24. The lowest BCUT2D eigenvalue weighted by molar-refractivity contribution is -0.144. The fourth-order valence-corrected chi connectivity index (χ4v) is 1.17. The van der Waals surface area contributed by atoms with Gasteiger partial charge in [-0.3, -0.25) is 14.5 Å². The predicted molar refractivity (Wildman–Crippen MR) is 58.6 cm³/mol. The highest BCUT2D eigenvalue weighted by Gasteiger charge is 2.09. The average molecular weight is 226 g/mol. The number of nitriles is 1. The van der Waals surface area contributed by atoms with E-state index < -0.39 is 0 Å². The van der Waals surface area contributed by atoms with Gasteiger partial charge in [0.2, 0.25) is 0 Å². The Bertz CT molecular complexity index is 271. The first-order valence-electron chi connectivity index (χ1n) is 5.33. The van der Waals surface area contributed by atoms with Gasteiger partial charge in [-0.2, -0.15) is 5.26 Å². The zero-order chi connectivity index (χ0) is 12.4. The zero-order valence-corrected chi connectivity index (χ0v) is 9.86. The summed E-state index contributed by atoms with van der Waals surface area (Å²) in [5.74, 6) is -0.343. The zero-order valence-electron chi connectivity index (χ0n) is 9.86. The Kier molecular flexibility index (Phi) is 8.08. The Balaban J connectivity index is 3.66. The molecule has 0 amide bonds. The molecule has 0 saturated heterocycles. The van der Waals surface area contributed by atoms with E-state index in [1.165, 1.54) is 0 Å². The maximum Gasteiger partial charge on any atom is 0.306 e. The smallest absolute Gasteiger partial charge is 0.306 e. The third kappa shape index (κ3) is 7.94. The molecule has 0 heterocycles. The molecular formula is C11H18N2O3. The molecule has 0 spiro atoms. The van der Waals surface area contributed by atoms with Crippen LogP contribution in [0.15, 0.2) is 0 Å². The first kappa shape index (κ1) is 14.6. The minimum absolute atomic E-state index is 0.00603. The van der Waals surface area contributed by atoms with Crippen molar-refractivity contribution in [3.05, 3.63) is 0 Å². The van der Waals surface area contributed by atoms with Crippen molar-refractivity contribution in [2.45, 2.75) is 26.2 Å². The molecule has 0 radical (unpaired) electrons. The van der Waals surface area contributed by atoms with Crippen LogP contribution in [0.25, 0.3) is 0 Å². The number of ether oxygens (including phenoxy) is 1. The SMILES string of the molecule is CCOC(=O)CCC(=O)CN(C)CCC#N. The van der Waals surface area contributed by atoms with Crippen LogP contribution < -0.4 is 0 Å². The minimum atomic E-state index is -0.337. The van der Waals surface area contributed by atoms with Gasteiger partial charge in [-0.15, -0.1) is 0 Å². The van der Waals surface area contributed by atoms with Crippen LogP contribution in [0.1, 0.15) is 26.2 Å². The third-order valence-electron chi connectivity index (χ3n) is 1.96. The molecule has 0 aliphatic heterocycles. The van der Waals surface area contributed by atoms with Crippen LogP contribution >= 0.6 is 0 Å². The molecule has 90 valence electrons. The predicted octanol–water partition coefficient (Wildman–Crippen LogP) is 0.744. The van der Waals surface area contributed by atoms with Crippen LogP contribution in [0.4, 0.5) is 0 Å². The Morgan fingerprint density at radius 1 is 1.38 bits per heavy atom. The molecule has 0 atom stereocenters. The van der Waals surface area contributed by atoms with E-state index in [0.29, 0.717) is 19.6 Å². The Morgan fingerprint density at radius 3 is 2.62 bits per heavy atom. The van der Waals surface area contributed by atoms with Crippen molar-refractivity contribution in [1.29, 1.82) is 5.26 Å². The highest BCUT2D eigenvalue weighted by atomic mass is 16.5. The molecule has 5 heteroatoms. The van der Waals surface area contributed by atoms with Crippen LogP contribution in [0.5, 0.6) is 0 Å². The number of carbonyl (C=O) groups excluding carboxylic acids is 2. The van der Waals surface area contributed by atoms with Crippen LogP contribution in [0.3, 0.4) is 0 Å². The van der Waals surface area contributed by atoms with Crippen molar-refractivity contribution in [1.82, 2.24) is 4.90 Å². The van der Waals surface area contributed by atoms with Gasteiger partial charge < -0.3 is 4.74 Å². The number of hydrogen-bond acceptors (Lipinski definition) is 5. The number of carbonyl (C=O) groups is 2. The van der Waals surface area contributed by atoms with Gasteiger partial charge in [0.15, 0.2) is 0 Å². The van der Waals surface area contributed by atoms with Crippen molar-refractivity contribution in [2.75, 3.05) is 26.7 Å². The summed E-state index contributed by atoms with van der Waals surface area (Å²) in [6.07, 6.45) is 0.746. The van der Waals surface area contributed by atoms with Crippen LogP contribution in [0.2, 0.25) is 0 Å². The molecule has 0 aromatic carbocycles. The quantitative estimate of drug-likeness (QED) is 0.571. The molecule has 0 N–H and O–H groups in total. The number of rotatable bonds is 8. The van der Waals surface area contributed by atoms with Crippen molar-refractivity contribution >= 4 is 11.8 Å². The number of Topliss-reactive ketones (excluding diaryl/α,β-unsaturated/α-hetero) is 1. The molecule has 0 aliphatic rings.